The summed E-state index contributed by atoms with van der Waals surface area (Å²) < 4.78 is 2.16. The van der Waals surface area contributed by atoms with Crippen molar-refractivity contribution in [1.29, 1.82) is 0 Å². The van der Waals surface area contributed by atoms with Crippen LogP contribution in [0.1, 0.15) is 18.4 Å². The van der Waals surface area contributed by atoms with E-state index in [0.717, 1.165) is 59.1 Å². The molecule has 3 N–H and O–H groups in total. The number of nitrogens with one attached hydrogen (secondary N) is 3. The van der Waals surface area contributed by atoms with Crippen LogP contribution in [0.25, 0.3) is 22.3 Å². The summed E-state index contributed by atoms with van der Waals surface area (Å²) in [5, 5.41) is 14.7. The number of anilines is 3. The summed E-state index contributed by atoms with van der Waals surface area (Å²) in [6.07, 6.45) is 7.89. The molecule has 3 aromatic heterocycles. The molecule has 2 aromatic carbocycles. The minimum Gasteiger partial charge on any atom is -0.382 e. The molecule has 0 aliphatic carbocycles. The summed E-state index contributed by atoms with van der Waals surface area (Å²) in [5.41, 5.74) is 7.44. The highest BCUT2D eigenvalue weighted by Crippen LogP contribution is 2.26. The zero-order valence-corrected chi connectivity index (χ0v) is 20.4. The fourth-order valence-electron chi connectivity index (χ4n) is 4.76. The van der Waals surface area contributed by atoms with Crippen molar-refractivity contribution < 1.29 is 0 Å². The Hall–Kier alpha value is -4.17. The van der Waals surface area contributed by atoms with Gasteiger partial charge in [0.05, 0.1) is 23.1 Å². The molecule has 0 radical (unpaired) electrons. The van der Waals surface area contributed by atoms with Crippen molar-refractivity contribution in [2.75, 3.05) is 30.8 Å². The van der Waals surface area contributed by atoms with E-state index >= 15 is 0 Å². The van der Waals surface area contributed by atoms with E-state index in [-0.39, 0.29) is 0 Å². The molecule has 8 nitrogen and oxygen atoms in total. The van der Waals surface area contributed by atoms with E-state index in [1.54, 1.807) is 0 Å². The lowest BCUT2D eigenvalue weighted by Crippen LogP contribution is -2.36. The van der Waals surface area contributed by atoms with Crippen molar-refractivity contribution in [1.82, 2.24) is 29.6 Å². The third kappa shape index (κ3) is 4.94. The predicted octanol–water partition coefficient (Wildman–Crippen LogP) is 5.12. The van der Waals surface area contributed by atoms with Gasteiger partial charge in [-0.2, -0.15) is 5.10 Å². The van der Waals surface area contributed by atoms with E-state index in [4.69, 9.17) is 0 Å². The van der Waals surface area contributed by atoms with Crippen LogP contribution in [-0.4, -0.2) is 55.8 Å². The Balaban J connectivity index is 1.14. The second-order valence-corrected chi connectivity index (χ2v) is 9.52. The highest BCUT2D eigenvalue weighted by Gasteiger charge is 2.16. The van der Waals surface area contributed by atoms with E-state index in [2.05, 4.69) is 89.8 Å². The van der Waals surface area contributed by atoms with Crippen LogP contribution in [0.5, 0.6) is 0 Å². The van der Waals surface area contributed by atoms with Crippen LogP contribution in [0.15, 0.2) is 79.4 Å². The van der Waals surface area contributed by atoms with Gasteiger partial charge in [-0.25, -0.2) is 4.98 Å². The molecule has 1 aliphatic rings. The van der Waals surface area contributed by atoms with Crippen molar-refractivity contribution in [2.24, 2.45) is 0 Å². The van der Waals surface area contributed by atoms with Gasteiger partial charge in [0.25, 0.3) is 0 Å². The number of hydrogen-bond acceptors (Lipinski definition) is 6. The third-order valence-corrected chi connectivity index (χ3v) is 6.86. The van der Waals surface area contributed by atoms with Gasteiger partial charge in [-0.1, -0.05) is 6.07 Å². The van der Waals surface area contributed by atoms with Gasteiger partial charge in [0.2, 0.25) is 0 Å². The van der Waals surface area contributed by atoms with Gasteiger partial charge >= 0.3 is 0 Å². The Kier molecular flexibility index (Phi) is 6.09. The maximum atomic E-state index is 4.56. The highest BCUT2D eigenvalue weighted by atomic mass is 15.2. The van der Waals surface area contributed by atoms with Crippen LogP contribution < -0.4 is 10.6 Å². The number of aromatic amines is 1. The largest absolute Gasteiger partial charge is 0.382 e. The van der Waals surface area contributed by atoms with Crippen LogP contribution in [0.3, 0.4) is 0 Å². The molecule has 0 bridgehead atoms. The summed E-state index contributed by atoms with van der Waals surface area (Å²) in [6.45, 7) is 3.05. The van der Waals surface area contributed by atoms with Gasteiger partial charge in [0.15, 0.2) is 5.82 Å². The maximum Gasteiger partial charge on any atom is 0.152 e. The second kappa shape index (κ2) is 9.83. The minimum atomic E-state index is 0.548. The molecule has 1 fully saturated rings. The lowest BCUT2D eigenvalue weighted by atomic mass is 10.1. The van der Waals surface area contributed by atoms with E-state index in [1.165, 1.54) is 18.4 Å². The number of hydrogen-bond donors (Lipinski definition) is 3. The molecule has 1 aliphatic heterocycles. The van der Waals surface area contributed by atoms with Crippen LogP contribution >= 0.6 is 0 Å². The number of piperidine rings is 1. The van der Waals surface area contributed by atoms with Gasteiger partial charge in [-0.05, 0) is 87.1 Å². The molecule has 4 heterocycles. The fourth-order valence-corrected chi connectivity index (χ4v) is 4.76. The molecule has 0 unspecified atom stereocenters. The first-order valence-corrected chi connectivity index (χ1v) is 12.4. The standard InChI is InChI=1S/C28H30N8/c1-35-14-10-24(11-15-35)31-22-3-5-23(6-4-22)32-28-17-26(33-34-28)21-2-7-25-27(16-21)36(19-30-25)18-20-8-12-29-13-9-20/h2-9,12-13,16-17,19,24,31H,10-11,14-15,18H2,1H3,(H2,32,33,34). The fraction of sp³-hybridized carbons (Fsp3) is 0.250. The molecule has 0 saturated carbocycles. The number of H-pyrrole nitrogens is 1. The molecular formula is C28H30N8. The number of rotatable bonds is 7. The molecule has 8 heteroatoms. The summed E-state index contributed by atoms with van der Waals surface area (Å²) in [4.78, 5) is 11.1. The molecule has 0 atom stereocenters. The van der Waals surface area contributed by atoms with Gasteiger partial charge in [-0.3, -0.25) is 10.1 Å². The molecule has 6 rings (SSSR count). The minimum absolute atomic E-state index is 0.548. The zero-order chi connectivity index (χ0) is 24.3. The number of fused-ring (bicyclic) bond motifs is 1. The Morgan fingerprint density at radius 3 is 2.53 bits per heavy atom. The monoisotopic (exact) mass is 478 g/mol. The summed E-state index contributed by atoms with van der Waals surface area (Å²) >= 11 is 0. The van der Waals surface area contributed by atoms with Gasteiger partial charge in [-0.15, -0.1) is 0 Å². The molecule has 0 spiro atoms. The van der Waals surface area contributed by atoms with Gasteiger partial charge in [0.1, 0.15) is 0 Å². The lowest BCUT2D eigenvalue weighted by Gasteiger charge is -2.30. The van der Waals surface area contributed by atoms with E-state index in [9.17, 15) is 0 Å². The van der Waals surface area contributed by atoms with Crippen LogP contribution in [0.4, 0.5) is 17.2 Å². The van der Waals surface area contributed by atoms with E-state index in [1.807, 2.05) is 36.9 Å². The number of imidazole rings is 1. The van der Waals surface area contributed by atoms with E-state index < -0.39 is 0 Å². The summed E-state index contributed by atoms with van der Waals surface area (Å²) in [5.74, 6) is 0.784. The first-order valence-electron chi connectivity index (χ1n) is 12.4. The maximum absolute atomic E-state index is 4.56. The van der Waals surface area contributed by atoms with Crippen molar-refractivity contribution in [3.8, 4) is 11.3 Å². The normalized spacial score (nSPS) is 14.8. The summed E-state index contributed by atoms with van der Waals surface area (Å²) in [7, 11) is 2.19. The Bertz CT molecular complexity index is 1430. The molecule has 1 saturated heterocycles. The molecule has 36 heavy (non-hydrogen) atoms. The number of benzene rings is 2. The number of aromatic nitrogens is 5. The molecular weight excluding hydrogens is 448 g/mol. The van der Waals surface area contributed by atoms with Gasteiger partial charge in [0, 0.05) is 48.0 Å². The second-order valence-electron chi connectivity index (χ2n) is 9.52. The number of likely N-dealkylation sites (tertiary alicyclic amines) is 1. The first-order chi connectivity index (χ1) is 17.7. The van der Waals surface area contributed by atoms with Crippen LogP contribution in [0, 0.1) is 0 Å². The van der Waals surface area contributed by atoms with Crippen molar-refractivity contribution in [3.63, 3.8) is 0 Å². The first kappa shape index (κ1) is 22.3. The zero-order valence-electron chi connectivity index (χ0n) is 20.4. The number of pyridine rings is 1. The Labute approximate surface area is 210 Å². The molecule has 182 valence electrons. The van der Waals surface area contributed by atoms with Crippen LogP contribution in [-0.2, 0) is 6.54 Å². The Morgan fingerprint density at radius 2 is 1.72 bits per heavy atom. The third-order valence-electron chi connectivity index (χ3n) is 6.86. The average molecular weight is 479 g/mol. The molecule has 5 aromatic rings. The van der Waals surface area contributed by atoms with Crippen molar-refractivity contribution in [3.05, 3.63) is 84.9 Å². The van der Waals surface area contributed by atoms with Crippen LogP contribution in [0.2, 0.25) is 0 Å². The average Bonchev–Trinajstić information content (AvgIpc) is 3.54. The topological polar surface area (TPSA) is 86.7 Å². The predicted molar refractivity (Wildman–Crippen MR) is 145 cm³/mol. The lowest BCUT2D eigenvalue weighted by molar-refractivity contribution is 0.264. The highest BCUT2D eigenvalue weighted by molar-refractivity contribution is 5.82. The number of nitrogens with zero attached hydrogens (tertiary/aromatic N) is 5. The molecule has 0 amide bonds. The summed E-state index contributed by atoms with van der Waals surface area (Å²) in [6, 6.07) is 21.4. The van der Waals surface area contributed by atoms with Crippen molar-refractivity contribution >= 4 is 28.2 Å². The SMILES string of the molecule is CN1CCC(Nc2ccc(Nc3cc(-c4ccc5ncn(Cc6ccncc6)c5c4)[nH]n3)cc2)CC1. The van der Waals surface area contributed by atoms with Crippen molar-refractivity contribution in [2.45, 2.75) is 25.4 Å². The smallest absolute Gasteiger partial charge is 0.152 e. The quantitative estimate of drug-likeness (QED) is 0.301. The van der Waals surface area contributed by atoms with E-state index in [0.29, 0.717) is 6.04 Å². The Morgan fingerprint density at radius 1 is 0.944 bits per heavy atom. The van der Waals surface area contributed by atoms with Gasteiger partial charge < -0.3 is 20.1 Å².